The highest BCUT2D eigenvalue weighted by molar-refractivity contribution is 7.91. The molecule has 0 heterocycles. The summed E-state index contributed by atoms with van der Waals surface area (Å²) in [5.41, 5.74) is 1.92. The fourth-order valence-electron chi connectivity index (χ4n) is 6.03. The highest BCUT2D eigenvalue weighted by Gasteiger charge is 2.59. The molecule has 29 heavy (non-hydrogen) atoms. The van der Waals surface area contributed by atoms with Crippen LogP contribution in [0.15, 0.2) is 18.2 Å². The van der Waals surface area contributed by atoms with Crippen molar-refractivity contribution in [1.29, 1.82) is 0 Å². The van der Waals surface area contributed by atoms with Crippen molar-refractivity contribution < 1.29 is 31.8 Å². The number of phenols is 1. The molecule has 5 atom stereocenters. The van der Waals surface area contributed by atoms with Gasteiger partial charge in [-0.05, 0) is 79.5 Å². The molecule has 0 aliphatic heterocycles. The smallest absolute Gasteiger partial charge is 0.454 e. The number of alkyl halides is 2. The first-order valence-electron chi connectivity index (χ1n) is 9.88. The maximum Gasteiger partial charge on any atom is 0.454 e. The van der Waals surface area contributed by atoms with Crippen LogP contribution in [0.1, 0.15) is 56.1 Å². The molecule has 160 valence electrons. The molecule has 4 rings (SSSR count). The van der Waals surface area contributed by atoms with Crippen LogP contribution < -0.4 is 5.14 Å². The number of benzene rings is 1. The SMILES string of the molecule is CC12CCC3c4ccc(O)cc4CCC3C1CCC2OC(=O)C(F)(F)S(N)(=O)=O. The summed E-state index contributed by atoms with van der Waals surface area (Å²) in [5, 5.41) is 9.51. The summed E-state index contributed by atoms with van der Waals surface area (Å²) < 4.78 is 54.8. The van der Waals surface area contributed by atoms with Crippen molar-refractivity contribution >= 4 is 16.0 Å². The number of hydrogen-bond acceptors (Lipinski definition) is 5. The van der Waals surface area contributed by atoms with Crippen LogP contribution in [0.5, 0.6) is 5.75 Å². The summed E-state index contributed by atoms with van der Waals surface area (Å²) in [5.74, 6) is -0.958. The van der Waals surface area contributed by atoms with Crippen molar-refractivity contribution in [3.63, 3.8) is 0 Å². The highest BCUT2D eigenvalue weighted by atomic mass is 32.2. The van der Waals surface area contributed by atoms with E-state index in [9.17, 15) is 27.1 Å². The third kappa shape index (κ3) is 3.13. The lowest BCUT2D eigenvalue weighted by Crippen LogP contribution is -2.49. The van der Waals surface area contributed by atoms with Crippen LogP contribution in [0.4, 0.5) is 8.78 Å². The molecule has 0 bridgehead atoms. The molecule has 5 unspecified atom stereocenters. The van der Waals surface area contributed by atoms with E-state index in [1.807, 2.05) is 19.1 Å². The number of rotatable bonds is 3. The Balaban J connectivity index is 1.56. The van der Waals surface area contributed by atoms with Crippen LogP contribution in [-0.2, 0) is 26.0 Å². The molecule has 0 saturated heterocycles. The Labute approximate surface area is 168 Å². The molecule has 1 aromatic carbocycles. The largest absolute Gasteiger partial charge is 0.508 e. The van der Waals surface area contributed by atoms with Gasteiger partial charge in [-0.1, -0.05) is 13.0 Å². The zero-order chi connectivity index (χ0) is 21.2. The van der Waals surface area contributed by atoms with Crippen molar-refractivity contribution in [1.82, 2.24) is 0 Å². The lowest BCUT2D eigenvalue weighted by molar-refractivity contribution is -0.174. The Morgan fingerprint density at radius 3 is 2.69 bits per heavy atom. The summed E-state index contributed by atoms with van der Waals surface area (Å²) in [6.45, 7) is 1.96. The van der Waals surface area contributed by atoms with Gasteiger partial charge in [0.15, 0.2) is 0 Å². The Kier molecular flexibility index (Phi) is 4.70. The summed E-state index contributed by atoms with van der Waals surface area (Å²) in [6, 6.07) is 5.49. The topological polar surface area (TPSA) is 107 Å². The average Bonchev–Trinajstić information content (AvgIpc) is 2.96. The van der Waals surface area contributed by atoms with Gasteiger partial charge in [0.25, 0.3) is 10.0 Å². The normalized spacial score (nSPS) is 34.1. The second kappa shape index (κ2) is 6.63. The second-order valence-corrected chi connectivity index (χ2v) is 10.5. The van der Waals surface area contributed by atoms with Gasteiger partial charge in [0.2, 0.25) is 0 Å². The van der Waals surface area contributed by atoms with Gasteiger partial charge in [-0.2, -0.15) is 8.78 Å². The van der Waals surface area contributed by atoms with Gasteiger partial charge < -0.3 is 9.84 Å². The van der Waals surface area contributed by atoms with E-state index >= 15 is 0 Å². The number of sulfonamides is 1. The predicted molar refractivity (Wildman–Crippen MR) is 101 cm³/mol. The molecule has 0 radical (unpaired) electrons. The average molecular weight is 429 g/mol. The molecule has 3 aliphatic carbocycles. The van der Waals surface area contributed by atoms with Crippen LogP contribution in [0.2, 0.25) is 0 Å². The number of phenolic OH excluding ortho intramolecular Hbond substituents is 1. The monoisotopic (exact) mass is 429 g/mol. The zero-order valence-electron chi connectivity index (χ0n) is 16.1. The van der Waals surface area contributed by atoms with Gasteiger partial charge in [0.05, 0.1) is 0 Å². The molecule has 0 aromatic heterocycles. The van der Waals surface area contributed by atoms with Crippen LogP contribution >= 0.6 is 0 Å². The number of esters is 1. The minimum absolute atomic E-state index is 0.198. The van der Waals surface area contributed by atoms with Crippen molar-refractivity contribution in [2.45, 2.75) is 62.7 Å². The van der Waals surface area contributed by atoms with Gasteiger partial charge >= 0.3 is 11.2 Å². The predicted octanol–water partition coefficient (Wildman–Crippen LogP) is 3.04. The molecule has 2 saturated carbocycles. The molecule has 1 aromatic rings. The van der Waals surface area contributed by atoms with E-state index < -0.39 is 32.8 Å². The Morgan fingerprint density at radius 2 is 2.00 bits per heavy atom. The van der Waals surface area contributed by atoms with Crippen molar-refractivity contribution in [3.8, 4) is 5.75 Å². The number of carbonyl (C=O) groups is 1. The first-order chi connectivity index (χ1) is 13.4. The van der Waals surface area contributed by atoms with Crippen molar-refractivity contribution in [2.24, 2.45) is 22.4 Å². The van der Waals surface area contributed by atoms with Crippen LogP contribution in [0.3, 0.4) is 0 Å². The molecular weight excluding hydrogens is 404 g/mol. The van der Waals surface area contributed by atoms with E-state index in [2.05, 4.69) is 5.14 Å². The Morgan fingerprint density at radius 1 is 1.28 bits per heavy atom. The molecule has 2 fully saturated rings. The van der Waals surface area contributed by atoms with Gasteiger partial charge in [-0.25, -0.2) is 18.4 Å². The molecular formula is C20H25F2NO5S. The van der Waals surface area contributed by atoms with Gasteiger partial charge in [-0.3, -0.25) is 0 Å². The van der Waals surface area contributed by atoms with Crippen molar-refractivity contribution in [3.05, 3.63) is 29.3 Å². The van der Waals surface area contributed by atoms with Crippen LogP contribution in [0.25, 0.3) is 0 Å². The lowest BCUT2D eigenvalue weighted by Gasteiger charge is -2.50. The van der Waals surface area contributed by atoms with E-state index in [1.165, 1.54) is 5.56 Å². The number of aryl methyl sites for hydroxylation is 1. The molecule has 6 nitrogen and oxygen atoms in total. The molecule has 3 N–H and O–H groups in total. The third-order valence-electron chi connectivity index (χ3n) is 7.47. The van der Waals surface area contributed by atoms with Gasteiger partial charge in [0.1, 0.15) is 11.9 Å². The summed E-state index contributed by atoms with van der Waals surface area (Å²) in [4.78, 5) is 11.9. The highest BCUT2D eigenvalue weighted by Crippen LogP contribution is 2.61. The Bertz CT molecular complexity index is 950. The number of halogens is 2. The number of primary sulfonamides is 1. The fraction of sp³-hybridized carbons (Fsp3) is 0.650. The third-order valence-corrected chi connectivity index (χ3v) is 8.35. The van der Waals surface area contributed by atoms with Gasteiger partial charge in [-0.15, -0.1) is 0 Å². The number of carbonyl (C=O) groups excluding carboxylic acids is 1. The number of nitrogens with two attached hydrogens (primary N) is 1. The number of aromatic hydroxyl groups is 1. The molecule has 9 heteroatoms. The van der Waals surface area contributed by atoms with E-state index in [0.717, 1.165) is 31.2 Å². The van der Waals surface area contributed by atoms with E-state index in [-0.39, 0.29) is 11.7 Å². The lowest BCUT2D eigenvalue weighted by atomic mass is 9.55. The quantitative estimate of drug-likeness (QED) is 0.719. The maximum atomic E-state index is 13.8. The standard InChI is InChI=1S/C20H25F2NO5S/c1-19-9-8-14-13-5-3-12(24)10-11(13)2-4-15(14)16(19)6-7-17(19)28-18(25)20(21,22)29(23,26)27/h3,5,10,14-17,24H,2,4,6-9H2,1H3,(H2,23,26,27). The Hall–Kier alpha value is -1.74. The number of fused-ring (bicyclic) bond motifs is 5. The summed E-state index contributed by atoms with van der Waals surface area (Å²) in [7, 11) is -5.38. The van der Waals surface area contributed by atoms with Gasteiger partial charge in [0, 0.05) is 5.41 Å². The number of ether oxygens (including phenoxy) is 1. The van der Waals surface area contributed by atoms with E-state index in [0.29, 0.717) is 24.7 Å². The summed E-state index contributed by atoms with van der Waals surface area (Å²) in [6.07, 6.45) is 3.70. The fourth-order valence-corrected chi connectivity index (χ4v) is 6.31. The van der Waals surface area contributed by atoms with E-state index in [4.69, 9.17) is 4.74 Å². The minimum atomic E-state index is -5.38. The minimum Gasteiger partial charge on any atom is -0.508 e. The van der Waals surface area contributed by atoms with Crippen molar-refractivity contribution in [2.75, 3.05) is 0 Å². The summed E-state index contributed by atoms with van der Waals surface area (Å²) >= 11 is 0. The van der Waals surface area contributed by atoms with Crippen LogP contribution in [-0.4, -0.2) is 30.9 Å². The molecule has 0 amide bonds. The first kappa shape index (κ1) is 20.5. The zero-order valence-corrected chi connectivity index (χ0v) is 16.9. The molecule has 3 aliphatic rings. The maximum absolute atomic E-state index is 13.8. The first-order valence-corrected chi connectivity index (χ1v) is 11.4. The molecule has 0 spiro atoms. The van der Waals surface area contributed by atoms with E-state index in [1.54, 1.807) is 6.07 Å². The van der Waals surface area contributed by atoms with Crippen LogP contribution in [0, 0.1) is 17.3 Å². The second-order valence-electron chi connectivity index (χ2n) is 8.88. The number of hydrogen-bond donors (Lipinski definition) is 2.